The topological polar surface area (TPSA) is 28.7 Å². The quantitative estimate of drug-likeness (QED) is 0.524. The van der Waals surface area contributed by atoms with E-state index in [0.29, 0.717) is 0 Å². The minimum atomic E-state index is 0.781. The Labute approximate surface area is 100 Å². The van der Waals surface area contributed by atoms with E-state index in [4.69, 9.17) is 0 Å². The zero-order chi connectivity index (χ0) is 9.80. The van der Waals surface area contributed by atoms with Crippen molar-refractivity contribution in [3.05, 3.63) is 24.3 Å². The number of hydrogen-bond donors (Lipinski definition) is 1. The lowest BCUT2D eigenvalue weighted by Gasteiger charge is -1.86. The predicted molar refractivity (Wildman–Crippen MR) is 68.6 cm³/mol. The van der Waals surface area contributed by atoms with E-state index in [1.54, 1.807) is 11.8 Å². The summed E-state index contributed by atoms with van der Waals surface area (Å²) >= 11 is 3.67. The van der Waals surface area contributed by atoms with E-state index in [-0.39, 0.29) is 0 Å². The number of nitrogens with one attached hydrogen (secondary N) is 1. The fourth-order valence-electron chi connectivity index (χ4n) is 1.13. The summed E-state index contributed by atoms with van der Waals surface area (Å²) in [7, 11) is 0. The van der Waals surface area contributed by atoms with Gasteiger partial charge in [-0.1, -0.05) is 29.8 Å². The third-order valence-corrected chi connectivity index (χ3v) is 2.85. The summed E-state index contributed by atoms with van der Waals surface area (Å²) in [6.07, 6.45) is 0. The number of aromatic amines is 1. The zero-order valence-corrected chi connectivity index (χ0v) is 10.2. The first-order chi connectivity index (χ1) is 6.90. The molecule has 0 fully saturated rings. The van der Waals surface area contributed by atoms with Gasteiger partial charge in [0.15, 0.2) is 5.16 Å². The van der Waals surface area contributed by atoms with E-state index in [1.807, 2.05) is 46.9 Å². The summed E-state index contributed by atoms with van der Waals surface area (Å²) in [5.74, 6) is 3.76. The summed E-state index contributed by atoms with van der Waals surface area (Å²) in [5.41, 5.74) is 2.09. The number of halogens is 1. The highest BCUT2D eigenvalue weighted by Gasteiger charge is 2.00. The molecule has 0 aliphatic carbocycles. The molecule has 1 aromatic heterocycles. The lowest BCUT2D eigenvalue weighted by Crippen LogP contribution is -1.75. The maximum absolute atomic E-state index is 4.42. The first-order valence-corrected chi connectivity index (χ1v) is 6.12. The van der Waals surface area contributed by atoms with Crippen molar-refractivity contribution in [2.24, 2.45) is 0 Å². The number of para-hydroxylation sites is 2. The molecule has 0 aliphatic heterocycles. The van der Waals surface area contributed by atoms with E-state index >= 15 is 0 Å². The van der Waals surface area contributed by atoms with E-state index < -0.39 is 0 Å². The van der Waals surface area contributed by atoms with Crippen LogP contribution in [0.2, 0.25) is 0 Å². The van der Waals surface area contributed by atoms with Crippen molar-refractivity contribution in [3.63, 3.8) is 0 Å². The van der Waals surface area contributed by atoms with Crippen LogP contribution in [0.3, 0.4) is 0 Å². The molecule has 0 unspecified atom stereocenters. The van der Waals surface area contributed by atoms with Gasteiger partial charge >= 0.3 is 0 Å². The summed E-state index contributed by atoms with van der Waals surface area (Å²) in [6, 6.07) is 8.01. The minimum Gasteiger partial charge on any atom is -0.333 e. The Morgan fingerprint density at radius 3 is 3.07 bits per heavy atom. The second kappa shape index (κ2) is 4.71. The average molecular weight is 314 g/mol. The molecule has 2 nitrogen and oxygen atoms in total. The van der Waals surface area contributed by atoms with Gasteiger partial charge in [-0.25, -0.2) is 4.98 Å². The normalized spacial score (nSPS) is 9.79. The molecule has 0 saturated heterocycles. The Balaban J connectivity index is 2.21. The number of benzene rings is 1. The fourth-order valence-corrected chi connectivity index (χ4v) is 2.21. The summed E-state index contributed by atoms with van der Waals surface area (Å²) in [4.78, 5) is 7.66. The van der Waals surface area contributed by atoms with Crippen LogP contribution in [0.15, 0.2) is 29.4 Å². The number of imidazole rings is 1. The first kappa shape index (κ1) is 9.87. The molecule has 0 radical (unpaired) electrons. The standard InChI is InChI=1S/C10H7IN2S/c11-6-3-7-14-10-12-8-4-1-2-5-9(8)13-10/h1-2,4-5H,7H2,(H,12,13). The van der Waals surface area contributed by atoms with E-state index in [1.165, 1.54) is 0 Å². The Morgan fingerprint density at radius 2 is 2.29 bits per heavy atom. The number of nitrogens with zero attached hydrogens (tertiary/aromatic N) is 1. The first-order valence-electron chi connectivity index (χ1n) is 4.06. The van der Waals surface area contributed by atoms with Gasteiger partial charge in [0.25, 0.3) is 0 Å². The third-order valence-electron chi connectivity index (χ3n) is 1.72. The zero-order valence-electron chi connectivity index (χ0n) is 7.25. The van der Waals surface area contributed by atoms with Crippen LogP contribution in [-0.2, 0) is 0 Å². The van der Waals surface area contributed by atoms with Crippen molar-refractivity contribution in [1.29, 1.82) is 0 Å². The molecule has 2 rings (SSSR count). The van der Waals surface area contributed by atoms with Crippen molar-refractivity contribution in [2.75, 3.05) is 5.75 Å². The van der Waals surface area contributed by atoms with Crippen molar-refractivity contribution in [1.82, 2.24) is 9.97 Å². The van der Waals surface area contributed by atoms with E-state index in [2.05, 4.69) is 19.8 Å². The van der Waals surface area contributed by atoms with Crippen molar-refractivity contribution < 1.29 is 0 Å². The van der Waals surface area contributed by atoms with E-state index in [0.717, 1.165) is 21.9 Å². The highest BCUT2D eigenvalue weighted by molar-refractivity contribution is 14.1. The molecule has 1 N–H and O–H groups in total. The number of fused-ring (bicyclic) bond motifs is 1. The molecule has 2 aromatic rings. The van der Waals surface area contributed by atoms with Gasteiger partial charge in [0.1, 0.15) is 0 Å². The molecule has 1 heterocycles. The van der Waals surface area contributed by atoms with Gasteiger partial charge in [-0.05, 0) is 16.1 Å². The Morgan fingerprint density at radius 1 is 1.43 bits per heavy atom. The largest absolute Gasteiger partial charge is 0.333 e. The third kappa shape index (κ3) is 2.22. The highest BCUT2D eigenvalue weighted by atomic mass is 127. The molecule has 0 bridgehead atoms. The molecule has 0 aliphatic rings. The van der Waals surface area contributed by atoms with Crippen LogP contribution in [0.25, 0.3) is 11.0 Å². The van der Waals surface area contributed by atoms with Crippen LogP contribution >= 0.6 is 34.4 Å². The number of thioether (sulfide) groups is 1. The van der Waals surface area contributed by atoms with Gasteiger partial charge in [-0.2, -0.15) is 0 Å². The SMILES string of the molecule is IC#CCSc1nc2ccccc2[nH]1. The van der Waals surface area contributed by atoms with Crippen LogP contribution < -0.4 is 0 Å². The maximum atomic E-state index is 4.42. The molecule has 0 atom stereocenters. The van der Waals surface area contributed by atoms with Crippen molar-refractivity contribution in [2.45, 2.75) is 5.16 Å². The molecule has 14 heavy (non-hydrogen) atoms. The van der Waals surface area contributed by atoms with Crippen LogP contribution in [0.5, 0.6) is 0 Å². The van der Waals surface area contributed by atoms with Crippen LogP contribution in [0, 0.1) is 9.85 Å². The fraction of sp³-hybridized carbons (Fsp3) is 0.100. The minimum absolute atomic E-state index is 0.781. The molecule has 0 amide bonds. The van der Waals surface area contributed by atoms with Gasteiger partial charge in [0, 0.05) is 22.6 Å². The predicted octanol–water partition coefficient (Wildman–Crippen LogP) is 3.05. The van der Waals surface area contributed by atoms with Crippen molar-refractivity contribution >= 4 is 45.4 Å². The molecule has 70 valence electrons. The molecule has 4 heteroatoms. The Hall–Kier alpha value is -0.670. The van der Waals surface area contributed by atoms with Crippen LogP contribution in [0.4, 0.5) is 0 Å². The van der Waals surface area contributed by atoms with Crippen LogP contribution in [-0.4, -0.2) is 15.7 Å². The second-order valence-electron chi connectivity index (χ2n) is 2.62. The Kier molecular flexibility index (Phi) is 3.32. The lowest BCUT2D eigenvalue weighted by molar-refractivity contribution is 1.08. The average Bonchev–Trinajstić information content (AvgIpc) is 2.60. The monoisotopic (exact) mass is 314 g/mol. The Bertz CT molecular complexity index is 462. The molecule has 0 spiro atoms. The summed E-state index contributed by atoms with van der Waals surface area (Å²) < 4.78 is 2.83. The smallest absolute Gasteiger partial charge is 0.167 e. The second-order valence-corrected chi connectivity index (χ2v) is 4.12. The highest BCUT2D eigenvalue weighted by Crippen LogP contribution is 2.18. The van der Waals surface area contributed by atoms with Gasteiger partial charge in [0.05, 0.1) is 16.8 Å². The number of rotatable bonds is 2. The summed E-state index contributed by atoms with van der Waals surface area (Å²) in [6.45, 7) is 0. The molecule has 1 aromatic carbocycles. The molecular formula is C10H7IN2S. The van der Waals surface area contributed by atoms with Gasteiger partial charge < -0.3 is 4.98 Å². The lowest BCUT2D eigenvalue weighted by atomic mass is 10.3. The van der Waals surface area contributed by atoms with Gasteiger partial charge in [-0.3, -0.25) is 0 Å². The van der Waals surface area contributed by atoms with Gasteiger partial charge in [0.2, 0.25) is 0 Å². The van der Waals surface area contributed by atoms with Crippen LogP contribution in [0.1, 0.15) is 0 Å². The molecular weight excluding hydrogens is 307 g/mol. The van der Waals surface area contributed by atoms with E-state index in [9.17, 15) is 0 Å². The van der Waals surface area contributed by atoms with Gasteiger partial charge in [-0.15, -0.1) is 0 Å². The molecule has 0 saturated carbocycles. The maximum Gasteiger partial charge on any atom is 0.167 e. The number of H-pyrrole nitrogens is 1. The number of aromatic nitrogens is 2. The van der Waals surface area contributed by atoms with Crippen molar-refractivity contribution in [3.8, 4) is 9.85 Å². The number of hydrogen-bond acceptors (Lipinski definition) is 2. The summed E-state index contributed by atoms with van der Waals surface area (Å²) in [5, 5.41) is 0.936.